The first-order chi connectivity index (χ1) is 8.90. The molecule has 1 aromatic rings. The Hall–Kier alpha value is -2.08. The molecule has 0 aromatic heterocycles. The van der Waals surface area contributed by atoms with Crippen LogP contribution in [-0.2, 0) is 11.4 Å². The first kappa shape index (κ1) is 12.4. The van der Waals surface area contributed by atoms with Crippen molar-refractivity contribution in [1.82, 2.24) is 0 Å². The molecule has 0 saturated heterocycles. The van der Waals surface area contributed by atoms with Gasteiger partial charge in [-0.15, -0.1) is 0 Å². The summed E-state index contributed by atoms with van der Waals surface area (Å²) in [6.45, 7) is 0.341. The average Bonchev–Trinajstić information content (AvgIpc) is 2.45. The molecule has 1 aliphatic carbocycles. The summed E-state index contributed by atoms with van der Waals surface area (Å²) in [6.07, 6.45) is 8.72. The maximum Gasteiger partial charge on any atom is 0.143 e. The molecular weight excluding hydrogens is 224 g/mol. The fraction of sp³-hybridized carbons (Fsp3) is 0.333. The monoisotopic (exact) mass is 240 g/mol. The first-order valence-electron chi connectivity index (χ1n) is 6.22. The minimum absolute atomic E-state index is 0.341. The Morgan fingerprint density at radius 1 is 1.33 bits per heavy atom. The van der Waals surface area contributed by atoms with E-state index < -0.39 is 0 Å². The van der Waals surface area contributed by atoms with Crippen LogP contribution in [0, 0.1) is 11.3 Å². The lowest BCUT2D eigenvalue weighted by Crippen LogP contribution is -1.95. The fourth-order valence-electron chi connectivity index (χ4n) is 1.95. The maximum absolute atomic E-state index is 8.93. The zero-order valence-corrected chi connectivity index (χ0v) is 10.3. The van der Waals surface area contributed by atoms with Crippen molar-refractivity contribution in [2.75, 3.05) is 0 Å². The zero-order valence-electron chi connectivity index (χ0n) is 10.3. The van der Waals surface area contributed by atoms with Crippen LogP contribution >= 0.6 is 0 Å². The molecule has 2 rings (SSSR count). The van der Waals surface area contributed by atoms with Gasteiger partial charge in [0.15, 0.2) is 0 Å². The summed E-state index contributed by atoms with van der Waals surface area (Å²) >= 11 is 0. The van der Waals surface area contributed by atoms with Crippen LogP contribution in [0.15, 0.2) is 41.1 Å². The van der Waals surface area contributed by atoms with E-state index in [-0.39, 0.29) is 0 Å². The van der Waals surface area contributed by atoms with Gasteiger partial charge in [-0.2, -0.15) is 5.26 Å². The van der Waals surface area contributed by atoms with Crippen molar-refractivity contribution in [3.63, 3.8) is 0 Å². The van der Waals surface area contributed by atoms with Gasteiger partial charge in [-0.05, 0) is 37.3 Å². The number of nitriles is 1. The van der Waals surface area contributed by atoms with Crippen molar-refractivity contribution in [3.8, 4) is 6.07 Å². The number of rotatable bonds is 4. The SMILES string of the molecule is N#Cc1ccccc1CON=CC1=CCCCC1. The van der Waals surface area contributed by atoms with Gasteiger partial charge in [0.2, 0.25) is 0 Å². The first-order valence-corrected chi connectivity index (χ1v) is 6.22. The largest absolute Gasteiger partial charge is 0.391 e. The van der Waals surface area contributed by atoms with Crippen LogP contribution in [0.1, 0.15) is 36.8 Å². The molecule has 3 nitrogen and oxygen atoms in total. The van der Waals surface area contributed by atoms with Crippen molar-refractivity contribution in [2.24, 2.45) is 5.16 Å². The van der Waals surface area contributed by atoms with Crippen molar-refractivity contribution < 1.29 is 4.84 Å². The zero-order chi connectivity index (χ0) is 12.6. The smallest absolute Gasteiger partial charge is 0.143 e. The van der Waals surface area contributed by atoms with Crippen LogP contribution in [0.25, 0.3) is 0 Å². The van der Waals surface area contributed by atoms with Gasteiger partial charge >= 0.3 is 0 Å². The minimum Gasteiger partial charge on any atom is -0.391 e. The molecule has 1 aromatic carbocycles. The molecule has 0 heterocycles. The summed E-state index contributed by atoms with van der Waals surface area (Å²) in [5.74, 6) is 0. The highest BCUT2D eigenvalue weighted by molar-refractivity contribution is 5.78. The fourth-order valence-corrected chi connectivity index (χ4v) is 1.95. The molecule has 0 unspecified atom stereocenters. The van der Waals surface area contributed by atoms with Crippen LogP contribution in [0.3, 0.4) is 0 Å². The summed E-state index contributed by atoms with van der Waals surface area (Å²) in [6, 6.07) is 9.55. The standard InChI is InChI=1S/C15H16N2O/c16-10-14-8-4-5-9-15(14)12-18-17-11-13-6-2-1-3-7-13/h4-6,8-9,11H,1-3,7,12H2. The van der Waals surface area contributed by atoms with E-state index in [1.807, 2.05) is 18.2 Å². The molecule has 0 saturated carbocycles. The lowest BCUT2D eigenvalue weighted by molar-refractivity contribution is 0.132. The topological polar surface area (TPSA) is 45.4 Å². The summed E-state index contributed by atoms with van der Waals surface area (Å²) in [5, 5.41) is 12.9. The number of oxime groups is 1. The second-order valence-corrected chi connectivity index (χ2v) is 4.30. The molecule has 0 fully saturated rings. The summed E-state index contributed by atoms with van der Waals surface area (Å²) in [4.78, 5) is 5.24. The van der Waals surface area contributed by atoms with E-state index in [0.29, 0.717) is 12.2 Å². The van der Waals surface area contributed by atoms with E-state index >= 15 is 0 Å². The van der Waals surface area contributed by atoms with Crippen molar-refractivity contribution in [2.45, 2.75) is 32.3 Å². The molecule has 0 aliphatic heterocycles. The van der Waals surface area contributed by atoms with Crippen molar-refractivity contribution in [1.29, 1.82) is 5.26 Å². The normalized spacial score (nSPS) is 15.2. The molecule has 3 heteroatoms. The van der Waals surface area contributed by atoms with E-state index in [9.17, 15) is 0 Å². The van der Waals surface area contributed by atoms with E-state index in [1.165, 1.54) is 18.4 Å². The van der Waals surface area contributed by atoms with Gasteiger partial charge in [0, 0.05) is 5.56 Å². The van der Waals surface area contributed by atoms with Crippen molar-refractivity contribution in [3.05, 3.63) is 47.0 Å². The number of nitrogens with zero attached hydrogens (tertiary/aromatic N) is 2. The Morgan fingerprint density at radius 3 is 3.00 bits per heavy atom. The van der Waals surface area contributed by atoms with Crippen LogP contribution < -0.4 is 0 Å². The lowest BCUT2D eigenvalue weighted by atomic mass is 10.0. The van der Waals surface area contributed by atoms with E-state index in [4.69, 9.17) is 10.1 Å². The van der Waals surface area contributed by atoms with Crippen LogP contribution in [0.4, 0.5) is 0 Å². The number of benzene rings is 1. The number of hydrogen-bond acceptors (Lipinski definition) is 3. The average molecular weight is 240 g/mol. The lowest BCUT2D eigenvalue weighted by Gasteiger charge is -2.07. The molecule has 0 spiro atoms. The molecule has 0 N–H and O–H groups in total. The highest BCUT2D eigenvalue weighted by Gasteiger charge is 2.02. The minimum atomic E-state index is 0.341. The van der Waals surface area contributed by atoms with E-state index in [1.54, 1.807) is 12.3 Å². The van der Waals surface area contributed by atoms with Crippen molar-refractivity contribution >= 4 is 6.21 Å². The Balaban J connectivity index is 1.87. The summed E-state index contributed by atoms with van der Waals surface area (Å²) in [7, 11) is 0. The Kier molecular flexibility index (Phi) is 4.54. The number of allylic oxidation sites excluding steroid dienone is 2. The molecule has 0 atom stereocenters. The number of hydrogen-bond donors (Lipinski definition) is 0. The highest BCUT2D eigenvalue weighted by Crippen LogP contribution is 2.15. The predicted octanol–water partition coefficient (Wildman–Crippen LogP) is 3.56. The van der Waals surface area contributed by atoms with E-state index in [2.05, 4.69) is 17.3 Å². The Bertz CT molecular complexity index is 497. The third-order valence-corrected chi connectivity index (χ3v) is 2.98. The van der Waals surface area contributed by atoms with Gasteiger partial charge < -0.3 is 4.84 Å². The van der Waals surface area contributed by atoms with Crippen LogP contribution in [0.2, 0.25) is 0 Å². The molecular formula is C15H16N2O. The maximum atomic E-state index is 8.93. The predicted molar refractivity (Wildman–Crippen MR) is 71.0 cm³/mol. The molecule has 0 bridgehead atoms. The van der Waals surface area contributed by atoms with Gasteiger partial charge in [-0.1, -0.05) is 29.4 Å². The van der Waals surface area contributed by atoms with Gasteiger partial charge in [-0.25, -0.2) is 0 Å². The van der Waals surface area contributed by atoms with Gasteiger partial charge in [0.25, 0.3) is 0 Å². The summed E-state index contributed by atoms with van der Waals surface area (Å²) < 4.78 is 0. The Labute approximate surface area is 107 Å². The Morgan fingerprint density at radius 2 is 2.22 bits per heavy atom. The molecule has 92 valence electrons. The molecule has 18 heavy (non-hydrogen) atoms. The van der Waals surface area contributed by atoms with Gasteiger partial charge in [0.05, 0.1) is 17.8 Å². The third kappa shape index (κ3) is 3.46. The third-order valence-electron chi connectivity index (χ3n) is 2.98. The van der Waals surface area contributed by atoms with Crippen LogP contribution in [0.5, 0.6) is 0 Å². The highest BCUT2D eigenvalue weighted by atomic mass is 16.6. The molecule has 0 radical (unpaired) electrons. The quantitative estimate of drug-likeness (QED) is 0.596. The van der Waals surface area contributed by atoms with E-state index in [0.717, 1.165) is 18.4 Å². The van der Waals surface area contributed by atoms with Gasteiger partial charge in [0.1, 0.15) is 6.61 Å². The molecule has 0 amide bonds. The van der Waals surface area contributed by atoms with Crippen LogP contribution in [-0.4, -0.2) is 6.21 Å². The summed E-state index contributed by atoms with van der Waals surface area (Å²) in [5.41, 5.74) is 2.76. The molecule has 1 aliphatic rings. The van der Waals surface area contributed by atoms with Gasteiger partial charge in [-0.3, -0.25) is 0 Å². The second-order valence-electron chi connectivity index (χ2n) is 4.30. The second kappa shape index (κ2) is 6.61.